The van der Waals surface area contributed by atoms with Gasteiger partial charge in [-0.1, -0.05) is 35.9 Å². The van der Waals surface area contributed by atoms with Crippen LogP contribution in [0.25, 0.3) is 10.8 Å². The van der Waals surface area contributed by atoms with Gasteiger partial charge in [-0.3, -0.25) is 4.90 Å². The number of ether oxygens (including phenoxy) is 1. The summed E-state index contributed by atoms with van der Waals surface area (Å²) in [4.78, 5) is 17.5. The Morgan fingerprint density at radius 3 is 2.76 bits per heavy atom. The van der Waals surface area contributed by atoms with Crippen LogP contribution < -0.4 is 19.9 Å². The van der Waals surface area contributed by atoms with Crippen LogP contribution >= 0.6 is 11.6 Å². The molecule has 3 aromatic rings. The highest BCUT2D eigenvalue weighted by Gasteiger charge is 2.51. The second-order valence-electron chi connectivity index (χ2n) is 12.2. The Bertz CT molecular complexity index is 1480. The molecule has 3 fully saturated rings. The number of nitriles is 1. The molecule has 1 unspecified atom stereocenters. The second-order valence-corrected chi connectivity index (χ2v) is 12.6. The maximum absolute atomic E-state index is 9.33. The molecule has 0 amide bonds. The zero-order chi connectivity index (χ0) is 28.0. The molecule has 3 aliphatic heterocycles. The van der Waals surface area contributed by atoms with Gasteiger partial charge in [0.05, 0.1) is 35.3 Å². The summed E-state index contributed by atoms with van der Waals surface area (Å²) in [6, 6.07) is 16.0. The highest BCUT2D eigenvalue weighted by molar-refractivity contribution is 6.36. The zero-order valence-electron chi connectivity index (χ0n) is 23.8. The summed E-state index contributed by atoms with van der Waals surface area (Å²) < 4.78 is 6.50. The highest BCUT2D eigenvalue weighted by Crippen LogP contribution is 2.46. The molecule has 214 valence electrons. The predicted octanol–water partition coefficient (Wildman–Crippen LogP) is 4.93. The molecule has 1 N–H and O–H groups in total. The SMILES string of the molecule is CC1CCCN1C1(COc2nc3c(c(N4CCN[C@@H](CC#N)C4)n2)CCN(c2cccc4cccc(Cl)c24)C3)CC1. The molecule has 41 heavy (non-hydrogen) atoms. The van der Waals surface area contributed by atoms with Gasteiger partial charge in [0.25, 0.3) is 0 Å². The van der Waals surface area contributed by atoms with Gasteiger partial charge in [0, 0.05) is 54.9 Å². The molecule has 1 saturated carbocycles. The number of rotatable bonds is 7. The third-order valence-electron chi connectivity index (χ3n) is 9.55. The van der Waals surface area contributed by atoms with E-state index in [1.165, 1.54) is 31.2 Å². The fourth-order valence-corrected chi connectivity index (χ4v) is 7.50. The van der Waals surface area contributed by atoms with Gasteiger partial charge in [-0.05, 0) is 63.1 Å². The van der Waals surface area contributed by atoms with Gasteiger partial charge in [-0.15, -0.1) is 0 Å². The summed E-state index contributed by atoms with van der Waals surface area (Å²) in [5.41, 5.74) is 3.49. The molecule has 2 atom stereocenters. The Kier molecular flexibility index (Phi) is 7.14. The van der Waals surface area contributed by atoms with Crippen LogP contribution in [0, 0.1) is 11.3 Å². The van der Waals surface area contributed by atoms with Crippen molar-refractivity contribution in [3.05, 3.63) is 52.7 Å². The van der Waals surface area contributed by atoms with Crippen LogP contribution in [0.3, 0.4) is 0 Å². The first-order chi connectivity index (χ1) is 20.0. The quantitative estimate of drug-likeness (QED) is 0.427. The average Bonchev–Trinajstić information content (AvgIpc) is 3.66. The number of likely N-dealkylation sites (tertiary alicyclic amines) is 1. The topological polar surface area (TPSA) is 80.5 Å². The van der Waals surface area contributed by atoms with Gasteiger partial charge >= 0.3 is 6.01 Å². The number of aromatic nitrogens is 2. The molecule has 1 aliphatic carbocycles. The Labute approximate surface area is 247 Å². The Morgan fingerprint density at radius 1 is 1.12 bits per heavy atom. The van der Waals surface area contributed by atoms with Crippen molar-refractivity contribution in [1.82, 2.24) is 20.2 Å². The van der Waals surface area contributed by atoms with Crippen LogP contribution in [0.15, 0.2) is 36.4 Å². The van der Waals surface area contributed by atoms with E-state index in [-0.39, 0.29) is 11.6 Å². The fraction of sp³-hybridized carbons (Fsp3) is 0.531. The van der Waals surface area contributed by atoms with E-state index in [1.54, 1.807) is 0 Å². The van der Waals surface area contributed by atoms with E-state index in [1.807, 2.05) is 12.1 Å². The number of piperazine rings is 1. The Balaban J connectivity index is 1.21. The van der Waals surface area contributed by atoms with Crippen molar-refractivity contribution >= 4 is 33.9 Å². The highest BCUT2D eigenvalue weighted by atomic mass is 35.5. The molecule has 2 aromatic carbocycles. The van der Waals surface area contributed by atoms with Crippen molar-refractivity contribution < 1.29 is 4.74 Å². The van der Waals surface area contributed by atoms with Crippen LogP contribution in [0.2, 0.25) is 5.02 Å². The van der Waals surface area contributed by atoms with E-state index in [0.717, 1.165) is 72.1 Å². The van der Waals surface area contributed by atoms with E-state index in [0.29, 0.717) is 31.6 Å². The normalized spacial score (nSPS) is 23.8. The summed E-state index contributed by atoms with van der Waals surface area (Å²) in [5, 5.41) is 15.8. The first-order valence-electron chi connectivity index (χ1n) is 15.1. The number of fused-ring (bicyclic) bond motifs is 2. The molecule has 7 rings (SSSR count). The summed E-state index contributed by atoms with van der Waals surface area (Å²) in [5.74, 6) is 0.976. The van der Waals surface area contributed by atoms with Gasteiger partial charge in [-0.2, -0.15) is 15.2 Å². The summed E-state index contributed by atoms with van der Waals surface area (Å²) in [7, 11) is 0. The molecule has 0 bridgehead atoms. The number of hydrogen-bond acceptors (Lipinski definition) is 8. The summed E-state index contributed by atoms with van der Waals surface area (Å²) >= 11 is 6.72. The lowest BCUT2D eigenvalue weighted by molar-refractivity contribution is 0.106. The number of halogens is 1. The summed E-state index contributed by atoms with van der Waals surface area (Å²) in [6.45, 7) is 8.11. The average molecular weight is 572 g/mol. The van der Waals surface area contributed by atoms with E-state index < -0.39 is 0 Å². The van der Waals surface area contributed by atoms with Crippen molar-refractivity contribution in [3.63, 3.8) is 0 Å². The van der Waals surface area contributed by atoms with Crippen molar-refractivity contribution in [2.75, 3.05) is 49.1 Å². The first kappa shape index (κ1) is 26.8. The second kappa shape index (κ2) is 10.9. The lowest BCUT2D eigenvalue weighted by Crippen LogP contribution is -2.51. The molecular weight excluding hydrogens is 534 g/mol. The van der Waals surface area contributed by atoms with Gasteiger partial charge < -0.3 is 19.9 Å². The standard InChI is InChI=1S/C32H38ClN7O/c1-22-5-4-16-40(22)32(12-13-32)21-41-31-36-27-20-38(28-9-3-7-23-6-2-8-26(33)29(23)28)17-11-25(27)30(37-31)39-18-15-35-24(19-39)10-14-34/h2-3,6-9,22,24,35H,4-5,10-13,15-21H2,1H3/t22?,24-/m0/s1. The third-order valence-corrected chi connectivity index (χ3v) is 9.86. The fourth-order valence-electron chi connectivity index (χ4n) is 7.22. The number of nitrogens with one attached hydrogen (secondary N) is 1. The van der Waals surface area contributed by atoms with Crippen LogP contribution in [-0.4, -0.2) is 71.8 Å². The zero-order valence-corrected chi connectivity index (χ0v) is 24.5. The number of nitrogens with zero attached hydrogens (tertiary/aromatic N) is 6. The number of hydrogen-bond donors (Lipinski definition) is 1. The minimum absolute atomic E-state index is 0.132. The minimum Gasteiger partial charge on any atom is -0.461 e. The lowest BCUT2D eigenvalue weighted by Gasteiger charge is -2.37. The molecule has 1 aromatic heterocycles. The smallest absolute Gasteiger partial charge is 0.318 e. The largest absolute Gasteiger partial charge is 0.461 e. The molecule has 8 nitrogen and oxygen atoms in total. The predicted molar refractivity (Wildman–Crippen MR) is 163 cm³/mol. The maximum atomic E-state index is 9.33. The van der Waals surface area contributed by atoms with E-state index in [2.05, 4.69) is 57.3 Å². The molecule has 2 saturated heterocycles. The van der Waals surface area contributed by atoms with E-state index in [4.69, 9.17) is 26.3 Å². The van der Waals surface area contributed by atoms with Gasteiger partial charge in [-0.25, -0.2) is 0 Å². The van der Waals surface area contributed by atoms with Crippen molar-refractivity contribution in [3.8, 4) is 12.1 Å². The van der Waals surface area contributed by atoms with Gasteiger partial charge in [0.1, 0.15) is 12.4 Å². The number of anilines is 2. The van der Waals surface area contributed by atoms with Crippen LogP contribution in [0.4, 0.5) is 11.5 Å². The lowest BCUT2D eigenvalue weighted by atomic mass is 10.0. The monoisotopic (exact) mass is 571 g/mol. The van der Waals surface area contributed by atoms with Crippen molar-refractivity contribution in [2.45, 2.75) is 69.6 Å². The van der Waals surface area contributed by atoms with Crippen LogP contribution in [0.1, 0.15) is 50.3 Å². The van der Waals surface area contributed by atoms with Gasteiger partial charge in [0.15, 0.2) is 0 Å². The van der Waals surface area contributed by atoms with Crippen LogP contribution in [0.5, 0.6) is 6.01 Å². The maximum Gasteiger partial charge on any atom is 0.318 e. The summed E-state index contributed by atoms with van der Waals surface area (Å²) in [6.07, 6.45) is 6.22. The molecule has 0 spiro atoms. The number of benzene rings is 2. The first-order valence-corrected chi connectivity index (χ1v) is 15.5. The third kappa shape index (κ3) is 5.09. The molecule has 9 heteroatoms. The van der Waals surface area contributed by atoms with E-state index in [9.17, 15) is 5.26 Å². The molecular formula is C32H38ClN7O. The Hall–Kier alpha value is -3.12. The molecule has 4 aliphatic rings. The van der Waals surface area contributed by atoms with E-state index >= 15 is 0 Å². The van der Waals surface area contributed by atoms with Crippen molar-refractivity contribution in [1.29, 1.82) is 5.26 Å². The Morgan fingerprint density at radius 2 is 1.98 bits per heavy atom. The van der Waals surface area contributed by atoms with Crippen LogP contribution in [-0.2, 0) is 13.0 Å². The van der Waals surface area contributed by atoms with Crippen molar-refractivity contribution in [2.24, 2.45) is 0 Å². The minimum atomic E-state index is 0.132. The molecule has 4 heterocycles. The molecule has 0 radical (unpaired) electrons. The van der Waals surface area contributed by atoms with Gasteiger partial charge in [0.2, 0.25) is 0 Å².